The third-order valence-corrected chi connectivity index (χ3v) is 3.43. The van der Waals surface area contributed by atoms with E-state index in [-0.39, 0.29) is 11.9 Å². The monoisotopic (exact) mass is 344 g/mol. The first kappa shape index (κ1) is 14.9. The van der Waals surface area contributed by atoms with Gasteiger partial charge in [0.1, 0.15) is 0 Å². The highest BCUT2D eigenvalue weighted by molar-refractivity contribution is 9.25. The van der Waals surface area contributed by atoms with E-state index in [9.17, 15) is 9.59 Å². The fourth-order valence-corrected chi connectivity index (χ4v) is 1.69. The Hall–Kier alpha value is -0.100. The van der Waals surface area contributed by atoms with Crippen LogP contribution in [0, 0.1) is 0 Å². The third kappa shape index (κ3) is 7.79. The normalized spacial score (nSPS) is 10.9. The standard InChI is InChI=1S/C9H14Br2O4/c1-14-7(12)3-5-9(10,11)6-4-8(13)15-2/h3-6H2,1-2H3. The topological polar surface area (TPSA) is 52.6 Å². The van der Waals surface area contributed by atoms with Gasteiger partial charge in [0.2, 0.25) is 0 Å². The van der Waals surface area contributed by atoms with Crippen molar-refractivity contribution >= 4 is 43.8 Å². The van der Waals surface area contributed by atoms with Gasteiger partial charge >= 0.3 is 11.9 Å². The maximum atomic E-state index is 10.9. The van der Waals surface area contributed by atoms with Crippen LogP contribution in [0.5, 0.6) is 0 Å². The van der Waals surface area contributed by atoms with Crippen molar-refractivity contribution in [3.8, 4) is 0 Å². The Morgan fingerprint density at radius 1 is 1.00 bits per heavy atom. The molecule has 0 saturated heterocycles. The van der Waals surface area contributed by atoms with Crippen molar-refractivity contribution in [2.75, 3.05) is 14.2 Å². The van der Waals surface area contributed by atoms with Crippen molar-refractivity contribution in [3.05, 3.63) is 0 Å². The largest absolute Gasteiger partial charge is 0.469 e. The minimum absolute atomic E-state index is 0.267. The smallest absolute Gasteiger partial charge is 0.305 e. The molecule has 6 heteroatoms. The number of carbonyl (C=O) groups is 2. The van der Waals surface area contributed by atoms with Crippen LogP contribution in [0.25, 0.3) is 0 Å². The van der Waals surface area contributed by atoms with Crippen molar-refractivity contribution in [1.82, 2.24) is 0 Å². The minimum atomic E-state index is -0.414. The van der Waals surface area contributed by atoms with E-state index in [1.807, 2.05) is 0 Å². The van der Waals surface area contributed by atoms with Crippen LogP contribution in [0.2, 0.25) is 0 Å². The lowest BCUT2D eigenvalue weighted by Gasteiger charge is -2.18. The number of carbonyl (C=O) groups excluding carboxylic acids is 2. The molecule has 0 saturated carbocycles. The zero-order valence-electron chi connectivity index (χ0n) is 8.72. The van der Waals surface area contributed by atoms with Gasteiger partial charge in [-0.2, -0.15) is 0 Å². The van der Waals surface area contributed by atoms with E-state index < -0.39 is 3.23 Å². The molecule has 0 aromatic heterocycles. The van der Waals surface area contributed by atoms with Crippen LogP contribution in [-0.4, -0.2) is 29.4 Å². The lowest BCUT2D eigenvalue weighted by molar-refractivity contribution is -0.141. The summed E-state index contributed by atoms with van der Waals surface area (Å²) in [6, 6.07) is 0. The summed E-state index contributed by atoms with van der Waals surface area (Å²) in [4.78, 5) is 21.8. The number of ether oxygens (including phenoxy) is 2. The molecular formula is C9H14Br2O4. The zero-order valence-corrected chi connectivity index (χ0v) is 11.9. The Labute approximate surface area is 106 Å². The Balaban J connectivity index is 3.86. The van der Waals surface area contributed by atoms with Crippen molar-refractivity contribution in [2.24, 2.45) is 0 Å². The summed E-state index contributed by atoms with van der Waals surface area (Å²) < 4.78 is 8.63. The molecule has 0 aliphatic rings. The van der Waals surface area contributed by atoms with E-state index in [1.54, 1.807) is 0 Å². The molecule has 0 heterocycles. The molecule has 4 nitrogen and oxygen atoms in total. The van der Waals surface area contributed by atoms with Crippen LogP contribution in [0.4, 0.5) is 0 Å². The molecule has 0 amide bonds. The van der Waals surface area contributed by atoms with Gasteiger partial charge in [0.05, 0.1) is 17.5 Å². The molecule has 0 aromatic rings. The number of esters is 2. The third-order valence-electron chi connectivity index (χ3n) is 1.85. The molecule has 0 bridgehead atoms. The number of methoxy groups -OCH3 is 2. The number of halogens is 2. The van der Waals surface area contributed by atoms with Gasteiger partial charge in [0, 0.05) is 12.8 Å². The molecule has 0 N–H and O–H groups in total. The molecule has 0 aromatic carbocycles. The highest BCUT2D eigenvalue weighted by Crippen LogP contribution is 2.36. The quantitative estimate of drug-likeness (QED) is 0.548. The predicted molar refractivity (Wildman–Crippen MR) is 63.1 cm³/mol. The Bertz CT molecular complexity index is 206. The number of hydrogen-bond donors (Lipinski definition) is 0. The van der Waals surface area contributed by atoms with Gasteiger partial charge in [-0.1, -0.05) is 31.9 Å². The maximum absolute atomic E-state index is 10.9. The van der Waals surface area contributed by atoms with E-state index in [4.69, 9.17) is 0 Å². The lowest BCUT2D eigenvalue weighted by atomic mass is 10.1. The molecule has 88 valence electrons. The lowest BCUT2D eigenvalue weighted by Crippen LogP contribution is -2.16. The Kier molecular flexibility index (Phi) is 7.17. The molecule has 0 atom stereocenters. The fourth-order valence-electron chi connectivity index (χ4n) is 0.899. The summed E-state index contributed by atoms with van der Waals surface area (Å²) in [5.41, 5.74) is 0. The molecule has 0 radical (unpaired) electrons. The first-order valence-corrected chi connectivity index (χ1v) is 6.01. The maximum Gasteiger partial charge on any atom is 0.305 e. The van der Waals surface area contributed by atoms with E-state index in [0.717, 1.165) is 0 Å². The molecule has 0 aliphatic carbocycles. The average molecular weight is 346 g/mol. The van der Waals surface area contributed by atoms with Crippen molar-refractivity contribution in [3.63, 3.8) is 0 Å². The minimum Gasteiger partial charge on any atom is -0.469 e. The molecular weight excluding hydrogens is 332 g/mol. The SMILES string of the molecule is COC(=O)CCC(Br)(Br)CCC(=O)OC. The van der Waals surface area contributed by atoms with Gasteiger partial charge in [-0.25, -0.2) is 0 Å². The summed E-state index contributed by atoms with van der Waals surface area (Å²) in [5, 5.41) is 0. The van der Waals surface area contributed by atoms with Crippen LogP contribution in [0.3, 0.4) is 0 Å². The van der Waals surface area contributed by atoms with E-state index >= 15 is 0 Å². The summed E-state index contributed by atoms with van der Waals surface area (Å²) in [6.45, 7) is 0. The van der Waals surface area contributed by atoms with Gasteiger partial charge < -0.3 is 9.47 Å². The number of alkyl halides is 2. The van der Waals surface area contributed by atoms with Crippen molar-refractivity contribution in [1.29, 1.82) is 0 Å². The van der Waals surface area contributed by atoms with Gasteiger partial charge in [0.15, 0.2) is 0 Å². The van der Waals surface area contributed by atoms with Gasteiger partial charge in [-0.15, -0.1) is 0 Å². The zero-order chi connectivity index (χ0) is 11.9. The van der Waals surface area contributed by atoms with Crippen molar-refractivity contribution in [2.45, 2.75) is 28.9 Å². The van der Waals surface area contributed by atoms with Gasteiger partial charge in [-0.05, 0) is 12.8 Å². The van der Waals surface area contributed by atoms with Crippen LogP contribution in [0.15, 0.2) is 0 Å². The molecule has 0 unspecified atom stereocenters. The number of rotatable bonds is 6. The summed E-state index contributed by atoms with van der Waals surface area (Å²) in [5.74, 6) is -0.535. The summed E-state index contributed by atoms with van der Waals surface area (Å²) >= 11 is 6.80. The van der Waals surface area contributed by atoms with E-state index in [1.165, 1.54) is 14.2 Å². The Morgan fingerprint density at radius 3 is 1.60 bits per heavy atom. The molecule has 0 spiro atoms. The summed E-state index contributed by atoms with van der Waals surface area (Å²) in [7, 11) is 2.70. The predicted octanol–water partition coefficient (Wildman–Crippen LogP) is 2.38. The highest BCUT2D eigenvalue weighted by Gasteiger charge is 2.25. The van der Waals surface area contributed by atoms with E-state index in [2.05, 4.69) is 41.3 Å². The van der Waals surface area contributed by atoms with Crippen LogP contribution in [-0.2, 0) is 19.1 Å². The first-order valence-electron chi connectivity index (χ1n) is 4.43. The molecule has 0 fully saturated rings. The van der Waals surface area contributed by atoms with Gasteiger partial charge in [-0.3, -0.25) is 9.59 Å². The molecule has 15 heavy (non-hydrogen) atoms. The Morgan fingerprint density at radius 2 is 1.33 bits per heavy atom. The summed E-state index contributed by atoms with van der Waals surface area (Å²) in [6.07, 6.45) is 1.70. The molecule has 0 aliphatic heterocycles. The fraction of sp³-hybridized carbons (Fsp3) is 0.778. The van der Waals surface area contributed by atoms with Crippen LogP contribution < -0.4 is 0 Å². The first-order chi connectivity index (χ1) is 6.91. The van der Waals surface area contributed by atoms with Crippen LogP contribution >= 0.6 is 31.9 Å². The second kappa shape index (κ2) is 7.22. The van der Waals surface area contributed by atoms with Crippen LogP contribution in [0.1, 0.15) is 25.7 Å². The highest BCUT2D eigenvalue weighted by atomic mass is 79.9. The molecule has 0 rings (SSSR count). The van der Waals surface area contributed by atoms with Crippen molar-refractivity contribution < 1.29 is 19.1 Å². The van der Waals surface area contributed by atoms with Gasteiger partial charge in [0.25, 0.3) is 0 Å². The van der Waals surface area contributed by atoms with E-state index in [0.29, 0.717) is 25.7 Å². The second-order valence-electron chi connectivity index (χ2n) is 3.01. The second-order valence-corrected chi connectivity index (χ2v) is 7.11. The number of hydrogen-bond acceptors (Lipinski definition) is 4. The average Bonchev–Trinajstić information content (AvgIpc) is 2.22.